The van der Waals surface area contributed by atoms with E-state index in [2.05, 4.69) is 0 Å². The number of carbonyl (C=O) groups is 1. The molecule has 2 rings (SSSR count). The van der Waals surface area contributed by atoms with Crippen LogP contribution in [0.4, 0.5) is 4.79 Å². The van der Waals surface area contributed by atoms with E-state index in [9.17, 15) is 9.90 Å². The average molecular weight is 263 g/mol. The standard InChI is InChI=1S/C15H21NO3/c1-11-9-16(12(2)8-14(11)17)15(18)19-10-13-6-4-3-5-7-13/h3-7,11-12,14,17H,8-10H2,1-2H3. The molecular weight excluding hydrogens is 242 g/mol. The van der Waals surface area contributed by atoms with Crippen molar-refractivity contribution in [2.45, 2.75) is 39.0 Å². The minimum Gasteiger partial charge on any atom is -0.445 e. The Kier molecular flexibility index (Phi) is 4.43. The highest BCUT2D eigenvalue weighted by Gasteiger charge is 2.33. The summed E-state index contributed by atoms with van der Waals surface area (Å²) < 4.78 is 5.33. The second kappa shape index (κ2) is 6.06. The van der Waals surface area contributed by atoms with Crippen LogP contribution in [0.2, 0.25) is 0 Å². The lowest BCUT2D eigenvalue weighted by atomic mass is 9.92. The maximum absolute atomic E-state index is 12.1. The fraction of sp³-hybridized carbons (Fsp3) is 0.533. The quantitative estimate of drug-likeness (QED) is 0.891. The van der Waals surface area contributed by atoms with Gasteiger partial charge in [-0.15, -0.1) is 0 Å². The van der Waals surface area contributed by atoms with Gasteiger partial charge in [0, 0.05) is 12.6 Å². The molecule has 3 atom stereocenters. The van der Waals surface area contributed by atoms with Gasteiger partial charge >= 0.3 is 6.09 Å². The summed E-state index contributed by atoms with van der Waals surface area (Å²) in [5, 5.41) is 9.78. The first-order valence-corrected chi connectivity index (χ1v) is 6.73. The number of aliphatic hydroxyl groups excluding tert-OH is 1. The van der Waals surface area contributed by atoms with Crippen LogP contribution in [0.1, 0.15) is 25.8 Å². The highest BCUT2D eigenvalue weighted by Crippen LogP contribution is 2.22. The zero-order chi connectivity index (χ0) is 13.8. The minimum atomic E-state index is -0.326. The first kappa shape index (κ1) is 13.9. The average Bonchev–Trinajstić information content (AvgIpc) is 2.41. The van der Waals surface area contributed by atoms with E-state index in [1.54, 1.807) is 4.90 Å². The van der Waals surface area contributed by atoms with Gasteiger partial charge in [0.15, 0.2) is 0 Å². The molecule has 0 aromatic heterocycles. The number of hydrogen-bond acceptors (Lipinski definition) is 3. The SMILES string of the molecule is CC1CN(C(=O)OCc2ccccc2)C(C)CC1O. The molecule has 3 unspecified atom stereocenters. The molecule has 1 aromatic carbocycles. The van der Waals surface area contributed by atoms with E-state index in [4.69, 9.17) is 4.74 Å². The molecule has 0 saturated carbocycles. The molecule has 4 nitrogen and oxygen atoms in total. The van der Waals surface area contributed by atoms with E-state index in [0.717, 1.165) is 5.56 Å². The van der Waals surface area contributed by atoms with Gasteiger partial charge in [0.05, 0.1) is 6.10 Å². The maximum Gasteiger partial charge on any atom is 0.410 e. The predicted octanol–water partition coefficient (Wildman–Crippen LogP) is 2.41. The van der Waals surface area contributed by atoms with Crippen LogP contribution in [-0.4, -0.2) is 34.8 Å². The van der Waals surface area contributed by atoms with Crippen molar-refractivity contribution in [1.82, 2.24) is 4.90 Å². The fourth-order valence-electron chi connectivity index (χ4n) is 2.38. The van der Waals surface area contributed by atoms with Crippen LogP contribution in [0, 0.1) is 5.92 Å². The molecule has 1 aliphatic heterocycles. The Labute approximate surface area is 114 Å². The van der Waals surface area contributed by atoms with Crippen molar-refractivity contribution in [3.05, 3.63) is 35.9 Å². The van der Waals surface area contributed by atoms with Crippen molar-refractivity contribution in [3.63, 3.8) is 0 Å². The summed E-state index contributed by atoms with van der Waals surface area (Å²) in [6.07, 6.45) is -0.00926. The third-order valence-electron chi connectivity index (χ3n) is 3.70. The van der Waals surface area contributed by atoms with Crippen LogP contribution < -0.4 is 0 Å². The van der Waals surface area contributed by atoms with E-state index in [0.29, 0.717) is 19.6 Å². The van der Waals surface area contributed by atoms with Gasteiger partial charge in [0.1, 0.15) is 6.61 Å². The lowest BCUT2D eigenvalue weighted by molar-refractivity contribution is 0.000718. The highest BCUT2D eigenvalue weighted by molar-refractivity contribution is 5.68. The van der Waals surface area contributed by atoms with E-state index in [-0.39, 0.29) is 24.2 Å². The first-order chi connectivity index (χ1) is 9.08. The van der Waals surface area contributed by atoms with Crippen LogP contribution >= 0.6 is 0 Å². The number of carbonyl (C=O) groups excluding carboxylic acids is 1. The van der Waals surface area contributed by atoms with Crippen molar-refractivity contribution in [2.24, 2.45) is 5.92 Å². The van der Waals surface area contributed by atoms with Crippen molar-refractivity contribution < 1.29 is 14.6 Å². The molecule has 1 heterocycles. The Hall–Kier alpha value is -1.55. The Balaban J connectivity index is 1.89. The van der Waals surface area contributed by atoms with Gasteiger partial charge in [0.2, 0.25) is 0 Å². The summed E-state index contributed by atoms with van der Waals surface area (Å²) in [6, 6.07) is 9.66. The summed E-state index contributed by atoms with van der Waals surface area (Å²) >= 11 is 0. The minimum absolute atomic E-state index is 0.0227. The smallest absolute Gasteiger partial charge is 0.410 e. The number of rotatable bonds is 2. The largest absolute Gasteiger partial charge is 0.445 e. The monoisotopic (exact) mass is 263 g/mol. The number of nitrogens with zero attached hydrogens (tertiary/aromatic N) is 1. The number of piperidine rings is 1. The van der Waals surface area contributed by atoms with Crippen molar-refractivity contribution in [2.75, 3.05) is 6.54 Å². The molecule has 104 valence electrons. The van der Waals surface area contributed by atoms with Crippen LogP contribution in [0.3, 0.4) is 0 Å². The van der Waals surface area contributed by atoms with Gasteiger partial charge in [-0.3, -0.25) is 0 Å². The second-order valence-electron chi connectivity index (χ2n) is 5.32. The molecule has 1 N–H and O–H groups in total. The number of aliphatic hydroxyl groups is 1. The number of benzene rings is 1. The second-order valence-corrected chi connectivity index (χ2v) is 5.32. The molecule has 4 heteroatoms. The van der Waals surface area contributed by atoms with Gasteiger partial charge in [-0.1, -0.05) is 37.3 Å². The molecule has 0 aliphatic carbocycles. The number of ether oxygens (including phenoxy) is 1. The van der Waals surface area contributed by atoms with Crippen molar-refractivity contribution >= 4 is 6.09 Å². The lowest BCUT2D eigenvalue weighted by Crippen LogP contribution is -2.50. The Morgan fingerprint density at radius 1 is 1.37 bits per heavy atom. The van der Waals surface area contributed by atoms with Crippen LogP contribution in [0.15, 0.2) is 30.3 Å². The van der Waals surface area contributed by atoms with Gasteiger partial charge in [0.25, 0.3) is 0 Å². The van der Waals surface area contributed by atoms with Crippen molar-refractivity contribution in [1.29, 1.82) is 0 Å². The van der Waals surface area contributed by atoms with E-state index in [1.165, 1.54) is 0 Å². The lowest BCUT2D eigenvalue weighted by Gasteiger charge is -2.38. The molecule has 1 aromatic rings. The van der Waals surface area contributed by atoms with Gasteiger partial charge in [-0.2, -0.15) is 0 Å². The molecule has 1 aliphatic rings. The maximum atomic E-state index is 12.1. The third kappa shape index (κ3) is 3.47. The molecule has 1 saturated heterocycles. The molecule has 1 amide bonds. The zero-order valence-corrected chi connectivity index (χ0v) is 11.5. The predicted molar refractivity (Wildman–Crippen MR) is 72.6 cm³/mol. The normalized spacial score (nSPS) is 27.1. The number of likely N-dealkylation sites (tertiary alicyclic amines) is 1. The molecular formula is C15H21NO3. The van der Waals surface area contributed by atoms with Crippen LogP contribution in [0.25, 0.3) is 0 Å². The fourth-order valence-corrected chi connectivity index (χ4v) is 2.38. The van der Waals surface area contributed by atoms with E-state index < -0.39 is 0 Å². The summed E-state index contributed by atoms with van der Waals surface area (Å²) in [5.41, 5.74) is 0.980. The summed E-state index contributed by atoms with van der Waals surface area (Å²) in [6.45, 7) is 4.74. The Bertz CT molecular complexity index is 421. The van der Waals surface area contributed by atoms with E-state index in [1.807, 2.05) is 44.2 Å². The van der Waals surface area contributed by atoms with Gasteiger partial charge in [-0.05, 0) is 24.8 Å². The topological polar surface area (TPSA) is 49.8 Å². The molecule has 0 bridgehead atoms. The Morgan fingerprint density at radius 3 is 2.74 bits per heavy atom. The highest BCUT2D eigenvalue weighted by atomic mass is 16.6. The summed E-state index contributed by atoms with van der Waals surface area (Å²) in [4.78, 5) is 13.8. The summed E-state index contributed by atoms with van der Waals surface area (Å²) in [7, 11) is 0. The number of hydrogen-bond donors (Lipinski definition) is 1. The first-order valence-electron chi connectivity index (χ1n) is 6.73. The molecule has 1 fully saturated rings. The van der Waals surface area contributed by atoms with Crippen LogP contribution in [-0.2, 0) is 11.3 Å². The molecule has 0 radical (unpaired) electrons. The molecule has 0 spiro atoms. The zero-order valence-electron chi connectivity index (χ0n) is 11.5. The van der Waals surface area contributed by atoms with Gasteiger partial charge in [-0.25, -0.2) is 4.79 Å². The molecule has 19 heavy (non-hydrogen) atoms. The number of amides is 1. The Morgan fingerprint density at radius 2 is 2.05 bits per heavy atom. The van der Waals surface area contributed by atoms with Crippen LogP contribution in [0.5, 0.6) is 0 Å². The summed E-state index contributed by atoms with van der Waals surface area (Å²) in [5.74, 6) is 0.0977. The third-order valence-corrected chi connectivity index (χ3v) is 3.70. The van der Waals surface area contributed by atoms with Gasteiger partial charge < -0.3 is 14.7 Å². The van der Waals surface area contributed by atoms with E-state index >= 15 is 0 Å². The van der Waals surface area contributed by atoms with Crippen molar-refractivity contribution in [3.8, 4) is 0 Å².